The molecular formula is C10H15BrN2O3. The predicted molar refractivity (Wildman–Crippen MR) is 61.9 cm³/mol. The van der Waals surface area contributed by atoms with Crippen molar-refractivity contribution in [2.45, 2.75) is 37.6 Å². The lowest BCUT2D eigenvalue weighted by Crippen LogP contribution is -2.60. The molecule has 0 radical (unpaired) electrons. The number of carbonyl (C=O) groups excluding carboxylic acids is 3. The molecule has 5 nitrogen and oxygen atoms in total. The maximum atomic E-state index is 11.9. The number of imide groups is 1. The smallest absolute Gasteiger partial charge is 0.249 e. The second kappa shape index (κ2) is 5.43. The number of rotatable bonds is 3. The van der Waals surface area contributed by atoms with Crippen molar-refractivity contribution in [3.8, 4) is 0 Å². The Morgan fingerprint density at radius 2 is 2.19 bits per heavy atom. The number of carbonyl (C=O) groups is 3. The van der Waals surface area contributed by atoms with Gasteiger partial charge >= 0.3 is 0 Å². The van der Waals surface area contributed by atoms with E-state index in [0.717, 1.165) is 0 Å². The molecule has 1 N–H and O–H groups in total. The van der Waals surface area contributed by atoms with Gasteiger partial charge in [-0.3, -0.25) is 19.7 Å². The van der Waals surface area contributed by atoms with E-state index in [1.54, 1.807) is 0 Å². The van der Waals surface area contributed by atoms with Crippen molar-refractivity contribution in [2.24, 2.45) is 0 Å². The van der Waals surface area contributed by atoms with Crippen LogP contribution in [0.2, 0.25) is 0 Å². The topological polar surface area (TPSA) is 66.5 Å². The number of piperazine rings is 1. The summed E-state index contributed by atoms with van der Waals surface area (Å²) in [7, 11) is 0. The van der Waals surface area contributed by atoms with E-state index >= 15 is 0 Å². The molecule has 0 spiro atoms. The van der Waals surface area contributed by atoms with E-state index < -0.39 is 11.9 Å². The number of hydrogen-bond donors (Lipinski definition) is 1. The van der Waals surface area contributed by atoms with Gasteiger partial charge in [-0.25, -0.2) is 0 Å². The van der Waals surface area contributed by atoms with Crippen LogP contribution in [0.5, 0.6) is 0 Å². The van der Waals surface area contributed by atoms with Gasteiger partial charge in [0.15, 0.2) is 0 Å². The van der Waals surface area contributed by atoms with Crippen LogP contribution in [0.1, 0.15) is 26.7 Å². The van der Waals surface area contributed by atoms with Gasteiger partial charge in [0.25, 0.3) is 0 Å². The van der Waals surface area contributed by atoms with Gasteiger partial charge in [0.2, 0.25) is 17.7 Å². The third-order valence-electron chi connectivity index (χ3n) is 2.55. The molecule has 6 heteroatoms. The number of hydrogen-bond acceptors (Lipinski definition) is 3. The molecule has 0 bridgehead atoms. The van der Waals surface area contributed by atoms with Crippen LogP contribution in [0.3, 0.4) is 0 Å². The molecular weight excluding hydrogens is 276 g/mol. The van der Waals surface area contributed by atoms with E-state index in [1.165, 1.54) is 4.90 Å². The van der Waals surface area contributed by atoms with Gasteiger partial charge in [-0.1, -0.05) is 29.8 Å². The molecule has 1 rings (SSSR count). The minimum Gasteiger partial charge on any atom is -0.320 e. The number of nitrogens with zero attached hydrogens (tertiary/aromatic N) is 1. The molecule has 0 aromatic heterocycles. The SMILES string of the molecule is CCC(Br)C(=O)N1CC(=O)NC(=O)C1CC. The van der Waals surface area contributed by atoms with E-state index in [1.807, 2.05) is 13.8 Å². The number of alkyl halides is 1. The molecule has 2 atom stereocenters. The lowest BCUT2D eigenvalue weighted by atomic mass is 10.1. The molecule has 2 unspecified atom stereocenters. The molecule has 16 heavy (non-hydrogen) atoms. The second-order valence-corrected chi connectivity index (χ2v) is 4.78. The highest BCUT2D eigenvalue weighted by Crippen LogP contribution is 2.15. The fraction of sp³-hybridized carbons (Fsp3) is 0.700. The molecule has 1 aliphatic rings. The molecule has 3 amide bonds. The minimum atomic E-state index is -0.531. The summed E-state index contributed by atoms with van der Waals surface area (Å²) in [5.41, 5.74) is 0. The molecule has 1 saturated heterocycles. The van der Waals surface area contributed by atoms with E-state index in [-0.39, 0.29) is 23.2 Å². The molecule has 0 aromatic carbocycles. The Labute approximate surface area is 103 Å². The summed E-state index contributed by atoms with van der Waals surface area (Å²) in [4.78, 5) is 35.7. The molecule has 1 heterocycles. The maximum absolute atomic E-state index is 11.9. The third-order valence-corrected chi connectivity index (χ3v) is 3.59. The van der Waals surface area contributed by atoms with Gasteiger partial charge in [0, 0.05) is 0 Å². The van der Waals surface area contributed by atoms with Crippen molar-refractivity contribution in [1.29, 1.82) is 0 Å². The van der Waals surface area contributed by atoms with E-state index in [9.17, 15) is 14.4 Å². The largest absolute Gasteiger partial charge is 0.320 e. The van der Waals surface area contributed by atoms with Crippen LogP contribution in [-0.2, 0) is 14.4 Å². The Morgan fingerprint density at radius 3 is 2.69 bits per heavy atom. The quantitative estimate of drug-likeness (QED) is 0.605. The van der Waals surface area contributed by atoms with Crippen LogP contribution < -0.4 is 5.32 Å². The Balaban J connectivity index is 2.86. The minimum absolute atomic E-state index is 0.0365. The molecule has 1 fully saturated rings. The zero-order valence-corrected chi connectivity index (χ0v) is 10.9. The van der Waals surface area contributed by atoms with Crippen LogP contribution in [0.15, 0.2) is 0 Å². The number of amides is 3. The van der Waals surface area contributed by atoms with Gasteiger partial charge < -0.3 is 4.90 Å². The normalized spacial score (nSPS) is 22.9. The first-order chi connectivity index (χ1) is 7.51. The third kappa shape index (κ3) is 2.61. The van der Waals surface area contributed by atoms with Gasteiger partial charge in [0.1, 0.15) is 12.6 Å². The average molecular weight is 291 g/mol. The zero-order chi connectivity index (χ0) is 12.3. The Bertz CT molecular complexity index is 319. The summed E-state index contributed by atoms with van der Waals surface area (Å²) in [6.07, 6.45) is 1.13. The molecule has 0 aliphatic carbocycles. The number of nitrogens with one attached hydrogen (secondary N) is 1. The first kappa shape index (κ1) is 13.2. The fourth-order valence-electron chi connectivity index (χ4n) is 1.66. The van der Waals surface area contributed by atoms with Crippen LogP contribution in [0.25, 0.3) is 0 Å². The Hall–Kier alpha value is -0.910. The predicted octanol–water partition coefficient (Wildman–Crippen LogP) is 0.423. The molecule has 0 saturated carbocycles. The average Bonchev–Trinajstić information content (AvgIpc) is 2.26. The Morgan fingerprint density at radius 1 is 1.56 bits per heavy atom. The second-order valence-electron chi connectivity index (χ2n) is 3.68. The maximum Gasteiger partial charge on any atom is 0.249 e. The standard InChI is InChI=1S/C10H15BrN2O3/c1-3-6(11)10(16)13-5-8(14)12-9(15)7(13)4-2/h6-7H,3-5H2,1-2H3,(H,12,14,15). The van der Waals surface area contributed by atoms with Gasteiger partial charge in [-0.05, 0) is 12.8 Å². The monoisotopic (exact) mass is 290 g/mol. The molecule has 90 valence electrons. The van der Waals surface area contributed by atoms with Crippen molar-refractivity contribution in [3.05, 3.63) is 0 Å². The summed E-state index contributed by atoms with van der Waals surface area (Å²) >= 11 is 3.24. The van der Waals surface area contributed by atoms with E-state index in [2.05, 4.69) is 21.2 Å². The molecule has 0 aromatic rings. The fourth-order valence-corrected chi connectivity index (χ4v) is 1.92. The summed E-state index contributed by atoms with van der Waals surface area (Å²) in [6.45, 7) is 3.64. The zero-order valence-electron chi connectivity index (χ0n) is 9.33. The van der Waals surface area contributed by atoms with Crippen LogP contribution in [-0.4, -0.2) is 40.0 Å². The van der Waals surface area contributed by atoms with Crippen LogP contribution in [0.4, 0.5) is 0 Å². The van der Waals surface area contributed by atoms with Gasteiger partial charge in [0.05, 0.1) is 4.83 Å². The van der Waals surface area contributed by atoms with Gasteiger partial charge in [-0.15, -0.1) is 0 Å². The van der Waals surface area contributed by atoms with Crippen LogP contribution in [0, 0.1) is 0 Å². The van der Waals surface area contributed by atoms with Crippen molar-refractivity contribution in [1.82, 2.24) is 10.2 Å². The van der Waals surface area contributed by atoms with E-state index in [0.29, 0.717) is 12.8 Å². The van der Waals surface area contributed by atoms with Crippen molar-refractivity contribution >= 4 is 33.7 Å². The number of halogens is 1. The summed E-state index contributed by atoms with van der Waals surface area (Å²) in [5.74, 6) is -1.00. The highest BCUT2D eigenvalue weighted by molar-refractivity contribution is 9.10. The highest BCUT2D eigenvalue weighted by Gasteiger charge is 2.36. The van der Waals surface area contributed by atoms with Crippen molar-refractivity contribution in [3.63, 3.8) is 0 Å². The highest BCUT2D eigenvalue weighted by atomic mass is 79.9. The summed E-state index contributed by atoms with van der Waals surface area (Å²) < 4.78 is 0. The van der Waals surface area contributed by atoms with Crippen molar-refractivity contribution < 1.29 is 14.4 Å². The van der Waals surface area contributed by atoms with E-state index in [4.69, 9.17) is 0 Å². The van der Waals surface area contributed by atoms with Crippen LogP contribution >= 0.6 is 15.9 Å². The lowest BCUT2D eigenvalue weighted by Gasteiger charge is -2.34. The first-order valence-electron chi connectivity index (χ1n) is 5.29. The van der Waals surface area contributed by atoms with Gasteiger partial charge in [-0.2, -0.15) is 0 Å². The lowest BCUT2D eigenvalue weighted by molar-refractivity contribution is -0.149. The summed E-state index contributed by atoms with van der Waals surface area (Å²) in [6, 6.07) is -0.531. The molecule has 1 aliphatic heterocycles. The summed E-state index contributed by atoms with van der Waals surface area (Å²) in [5, 5.41) is 2.24. The van der Waals surface area contributed by atoms with Crippen molar-refractivity contribution in [2.75, 3.05) is 6.54 Å². The Kier molecular flexibility index (Phi) is 4.46. The first-order valence-corrected chi connectivity index (χ1v) is 6.21.